The highest BCUT2D eigenvalue weighted by molar-refractivity contribution is 6.33. The molecule has 3 rings (SSSR count). The second kappa shape index (κ2) is 8.28. The fourth-order valence-electron chi connectivity index (χ4n) is 2.80. The Balaban J connectivity index is 1.80. The van der Waals surface area contributed by atoms with Crippen molar-refractivity contribution in [3.05, 3.63) is 62.9 Å². The molecule has 0 N–H and O–H groups in total. The van der Waals surface area contributed by atoms with E-state index in [0.29, 0.717) is 33.4 Å². The van der Waals surface area contributed by atoms with Gasteiger partial charge in [0.25, 0.3) is 0 Å². The van der Waals surface area contributed by atoms with Crippen molar-refractivity contribution in [2.75, 3.05) is 13.6 Å². The number of benzene rings is 2. The number of aryl methyl sites for hydroxylation is 1. The first-order valence-electron chi connectivity index (χ1n) is 8.61. The molecule has 27 heavy (non-hydrogen) atoms. The highest BCUT2D eigenvalue weighted by atomic mass is 35.5. The number of nitrogens with zero attached hydrogens (tertiary/aromatic N) is 3. The molecule has 0 amide bonds. The van der Waals surface area contributed by atoms with Crippen molar-refractivity contribution in [2.24, 2.45) is 10.1 Å². The van der Waals surface area contributed by atoms with Crippen molar-refractivity contribution in [3.8, 4) is 0 Å². The molecular formula is C20H20Cl2FN3O. The van der Waals surface area contributed by atoms with Gasteiger partial charge in [0.1, 0.15) is 5.82 Å². The van der Waals surface area contributed by atoms with Crippen LogP contribution < -0.4 is 0 Å². The Kier molecular flexibility index (Phi) is 6.02. The molecule has 4 nitrogen and oxygen atoms in total. The molecule has 7 heteroatoms. The lowest BCUT2D eigenvalue weighted by atomic mass is 9.96. The summed E-state index contributed by atoms with van der Waals surface area (Å²) >= 11 is 12.2. The largest absolute Gasteiger partial charge is 0.387 e. The molecule has 0 aliphatic carbocycles. The summed E-state index contributed by atoms with van der Waals surface area (Å²) in [5.41, 5.74) is 3.55. The summed E-state index contributed by atoms with van der Waals surface area (Å²) in [5, 5.41) is 4.95. The standard InChI is InChI=1S/C20H20Cl2FN3O/c1-4-26(3)11-24-19-7-12(2)15(9-16(19)22)20-10-18(25-27-20)14-6-5-13(21)8-17(14)23/h5-9,11,20H,4,10H2,1-3H3. The van der Waals surface area contributed by atoms with Gasteiger partial charge in [-0.15, -0.1) is 0 Å². The van der Waals surface area contributed by atoms with E-state index >= 15 is 0 Å². The number of halogens is 3. The van der Waals surface area contributed by atoms with Gasteiger partial charge >= 0.3 is 0 Å². The maximum Gasteiger partial charge on any atom is 0.158 e. The van der Waals surface area contributed by atoms with Crippen molar-refractivity contribution < 1.29 is 9.23 Å². The third kappa shape index (κ3) is 4.42. The zero-order chi connectivity index (χ0) is 19.6. The summed E-state index contributed by atoms with van der Waals surface area (Å²) in [6.45, 7) is 4.87. The molecule has 0 spiro atoms. The third-order valence-corrected chi connectivity index (χ3v) is 5.02. The molecule has 0 saturated carbocycles. The molecule has 0 aromatic heterocycles. The second-order valence-corrected chi connectivity index (χ2v) is 7.28. The van der Waals surface area contributed by atoms with Gasteiger partial charge in [-0.25, -0.2) is 9.38 Å². The van der Waals surface area contributed by atoms with Crippen LogP contribution in [-0.2, 0) is 4.84 Å². The van der Waals surface area contributed by atoms with Crippen LogP contribution in [-0.4, -0.2) is 30.5 Å². The number of hydrogen-bond donors (Lipinski definition) is 0. The normalized spacial score (nSPS) is 16.5. The van der Waals surface area contributed by atoms with Gasteiger partial charge in [-0.2, -0.15) is 0 Å². The van der Waals surface area contributed by atoms with E-state index in [1.54, 1.807) is 18.5 Å². The van der Waals surface area contributed by atoms with Crippen LogP contribution >= 0.6 is 23.2 Å². The van der Waals surface area contributed by atoms with Crippen LogP contribution in [0.25, 0.3) is 0 Å². The number of oxime groups is 1. The number of aliphatic imine (C=N–C) groups is 1. The van der Waals surface area contributed by atoms with Gasteiger partial charge in [-0.05, 0) is 55.3 Å². The quantitative estimate of drug-likeness (QED) is 0.455. The second-order valence-electron chi connectivity index (χ2n) is 6.44. The fourth-order valence-corrected chi connectivity index (χ4v) is 3.18. The van der Waals surface area contributed by atoms with Crippen LogP contribution in [0.2, 0.25) is 10.0 Å². The Morgan fingerprint density at radius 2 is 2.11 bits per heavy atom. The Morgan fingerprint density at radius 3 is 2.81 bits per heavy atom. The summed E-state index contributed by atoms with van der Waals surface area (Å²) in [4.78, 5) is 11.9. The van der Waals surface area contributed by atoms with E-state index < -0.39 is 5.82 Å². The zero-order valence-corrected chi connectivity index (χ0v) is 16.9. The van der Waals surface area contributed by atoms with Crippen molar-refractivity contribution in [3.63, 3.8) is 0 Å². The molecule has 0 radical (unpaired) electrons. The SMILES string of the molecule is CCN(C)C=Nc1cc(C)c(C2CC(c3ccc(Cl)cc3F)=NO2)cc1Cl. The highest BCUT2D eigenvalue weighted by Crippen LogP contribution is 2.37. The highest BCUT2D eigenvalue weighted by Gasteiger charge is 2.27. The summed E-state index contributed by atoms with van der Waals surface area (Å²) in [6.07, 6.45) is 1.89. The molecule has 1 heterocycles. The van der Waals surface area contributed by atoms with Crippen LogP contribution in [0.5, 0.6) is 0 Å². The molecule has 2 aromatic rings. The predicted molar refractivity (Wildman–Crippen MR) is 109 cm³/mol. The van der Waals surface area contributed by atoms with Crippen molar-refractivity contribution in [2.45, 2.75) is 26.4 Å². The third-order valence-electron chi connectivity index (χ3n) is 4.49. The average molecular weight is 408 g/mol. The predicted octanol–water partition coefficient (Wildman–Crippen LogP) is 5.92. The maximum absolute atomic E-state index is 14.1. The first kappa shape index (κ1) is 19.6. The van der Waals surface area contributed by atoms with Gasteiger partial charge in [0.2, 0.25) is 0 Å². The number of rotatable bonds is 5. The minimum absolute atomic E-state index is 0.316. The maximum atomic E-state index is 14.1. The van der Waals surface area contributed by atoms with E-state index in [9.17, 15) is 4.39 Å². The summed E-state index contributed by atoms with van der Waals surface area (Å²) in [7, 11) is 1.94. The minimum atomic E-state index is -0.412. The smallest absolute Gasteiger partial charge is 0.158 e. The van der Waals surface area contributed by atoms with Gasteiger partial charge in [0.15, 0.2) is 6.10 Å². The van der Waals surface area contributed by atoms with Crippen molar-refractivity contribution in [1.29, 1.82) is 0 Å². The van der Waals surface area contributed by atoms with Gasteiger partial charge in [0, 0.05) is 30.6 Å². The molecule has 1 atom stereocenters. The van der Waals surface area contributed by atoms with E-state index in [4.69, 9.17) is 28.0 Å². The lowest BCUT2D eigenvalue weighted by Crippen LogP contribution is -2.14. The number of hydrogen-bond acceptors (Lipinski definition) is 3. The summed E-state index contributed by atoms with van der Waals surface area (Å²) in [5.74, 6) is -0.412. The zero-order valence-electron chi connectivity index (χ0n) is 15.3. The van der Waals surface area contributed by atoms with Gasteiger partial charge in [0.05, 0.1) is 22.8 Å². The van der Waals surface area contributed by atoms with Crippen LogP contribution in [0.15, 0.2) is 40.5 Å². The Hall–Kier alpha value is -2.11. The summed E-state index contributed by atoms with van der Waals surface area (Å²) < 4.78 is 14.1. The van der Waals surface area contributed by atoms with Crippen LogP contribution in [0.1, 0.15) is 36.1 Å². The van der Waals surface area contributed by atoms with Crippen molar-refractivity contribution >= 4 is 40.9 Å². The molecule has 2 aromatic carbocycles. The van der Waals surface area contributed by atoms with Gasteiger partial charge in [-0.1, -0.05) is 28.4 Å². The van der Waals surface area contributed by atoms with E-state index in [1.165, 1.54) is 6.07 Å². The lowest BCUT2D eigenvalue weighted by Gasteiger charge is -2.14. The molecule has 0 fully saturated rings. The molecule has 0 saturated heterocycles. The van der Waals surface area contributed by atoms with Crippen molar-refractivity contribution in [1.82, 2.24) is 4.90 Å². The Morgan fingerprint density at radius 1 is 1.33 bits per heavy atom. The van der Waals surface area contributed by atoms with Crippen LogP contribution in [0.4, 0.5) is 10.1 Å². The Labute approximate surface area is 168 Å². The van der Waals surface area contributed by atoms with E-state index in [2.05, 4.69) is 10.1 Å². The molecule has 142 valence electrons. The minimum Gasteiger partial charge on any atom is -0.387 e. The van der Waals surface area contributed by atoms with E-state index in [-0.39, 0.29) is 6.10 Å². The van der Waals surface area contributed by atoms with Crippen LogP contribution in [0, 0.1) is 12.7 Å². The molecule has 0 bridgehead atoms. The van der Waals surface area contributed by atoms with E-state index in [0.717, 1.165) is 17.7 Å². The van der Waals surface area contributed by atoms with Gasteiger partial charge < -0.3 is 9.74 Å². The van der Waals surface area contributed by atoms with Gasteiger partial charge in [-0.3, -0.25) is 0 Å². The van der Waals surface area contributed by atoms with Crippen LogP contribution in [0.3, 0.4) is 0 Å². The molecule has 1 unspecified atom stereocenters. The summed E-state index contributed by atoms with van der Waals surface area (Å²) in [6, 6.07) is 8.29. The van der Waals surface area contributed by atoms with E-state index in [1.807, 2.05) is 37.9 Å². The monoisotopic (exact) mass is 407 g/mol. The molecule has 1 aliphatic heterocycles. The fraction of sp³-hybridized carbons (Fsp3) is 0.300. The topological polar surface area (TPSA) is 37.2 Å². The first-order valence-corrected chi connectivity index (χ1v) is 9.37. The lowest BCUT2D eigenvalue weighted by molar-refractivity contribution is 0.0853. The average Bonchev–Trinajstić information content (AvgIpc) is 3.11. The molecule has 1 aliphatic rings. The first-order chi connectivity index (χ1) is 12.9. The molecular weight excluding hydrogens is 388 g/mol. The Bertz CT molecular complexity index is 914.